The van der Waals surface area contributed by atoms with Crippen LogP contribution in [-0.2, 0) is 22.4 Å². The third kappa shape index (κ3) is 4.18. The Hall–Kier alpha value is -1.35. The van der Waals surface area contributed by atoms with Crippen molar-refractivity contribution in [2.75, 3.05) is 25.1 Å². The van der Waals surface area contributed by atoms with Gasteiger partial charge in [0.05, 0.1) is 12.0 Å². The standard InChI is InChI=1S/C17H24N4O2.HI/c18-15(22)17(6-8-23-9-7-17)11-20-16(19)21-14-5-4-12-2-1-3-13(12)10-14;/h4-5,10H,1-3,6-9,11H2,(H2,18,22)(H3,19,20,21);1H. The SMILES string of the molecule is I.NC(=O)C1(CN=C(N)Nc2ccc3c(c2)CCC3)CCOCC1. The van der Waals surface area contributed by atoms with Crippen molar-refractivity contribution in [2.24, 2.45) is 21.9 Å². The van der Waals surface area contributed by atoms with E-state index in [4.69, 9.17) is 16.2 Å². The molecule has 1 aromatic rings. The fourth-order valence-corrected chi connectivity index (χ4v) is 3.32. The summed E-state index contributed by atoms with van der Waals surface area (Å²) < 4.78 is 5.32. The zero-order chi connectivity index (χ0) is 16.3. The molecule has 24 heavy (non-hydrogen) atoms. The van der Waals surface area contributed by atoms with Crippen LogP contribution in [0.4, 0.5) is 5.69 Å². The maximum atomic E-state index is 11.8. The first-order valence-electron chi connectivity index (χ1n) is 8.15. The van der Waals surface area contributed by atoms with Gasteiger partial charge in [-0.15, -0.1) is 24.0 Å². The molecule has 132 valence electrons. The molecule has 1 amide bonds. The average molecular weight is 444 g/mol. The molecule has 0 unspecified atom stereocenters. The quantitative estimate of drug-likeness (QED) is 0.375. The van der Waals surface area contributed by atoms with Gasteiger partial charge in [-0.3, -0.25) is 9.79 Å². The molecular formula is C17H25IN4O2. The molecule has 6 nitrogen and oxygen atoms in total. The maximum Gasteiger partial charge on any atom is 0.225 e. The fourth-order valence-electron chi connectivity index (χ4n) is 3.32. The van der Waals surface area contributed by atoms with Gasteiger partial charge in [0.25, 0.3) is 0 Å². The van der Waals surface area contributed by atoms with Crippen molar-refractivity contribution in [3.8, 4) is 0 Å². The molecule has 1 fully saturated rings. The molecule has 0 aromatic heterocycles. The molecule has 0 radical (unpaired) electrons. The number of aliphatic imine (C=N–C) groups is 1. The second-order valence-electron chi connectivity index (χ2n) is 6.42. The number of carbonyl (C=O) groups is 1. The van der Waals surface area contributed by atoms with E-state index in [-0.39, 0.29) is 29.9 Å². The smallest absolute Gasteiger partial charge is 0.225 e. The van der Waals surface area contributed by atoms with E-state index in [9.17, 15) is 4.79 Å². The van der Waals surface area contributed by atoms with Crippen molar-refractivity contribution >= 4 is 41.5 Å². The Balaban J connectivity index is 0.00000208. The highest BCUT2D eigenvalue weighted by Crippen LogP contribution is 2.30. The number of primary amides is 1. The first-order chi connectivity index (χ1) is 11.1. The number of hydrogen-bond acceptors (Lipinski definition) is 3. The van der Waals surface area contributed by atoms with Gasteiger partial charge in [-0.2, -0.15) is 0 Å². The summed E-state index contributed by atoms with van der Waals surface area (Å²) in [5, 5.41) is 3.11. The van der Waals surface area contributed by atoms with Crippen molar-refractivity contribution in [1.82, 2.24) is 0 Å². The van der Waals surface area contributed by atoms with Crippen LogP contribution in [0.1, 0.15) is 30.4 Å². The Morgan fingerprint density at radius 3 is 2.62 bits per heavy atom. The molecule has 2 aliphatic rings. The summed E-state index contributed by atoms with van der Waals surface area (Å²) in [4.78, 5) is 16.2. The summed E-state index contributed by atoms with van der Waals surface area (Å²) in [7, 11) is 0. The van der Waals surface area contributed by atoms with Crippen LogP contribution in [0.2, 0.25) is 0 Å². The Morgan fingerprint density at radius 1 is 1.21 bits per heavy atom. The second kappa shape index (κ2) is 8.15. The minimum atomic E-state index is -0.636. The topological polar surface area (TPSA) is 103 Å². The molecule has 1 aliphatic carbocycles. The number of guanidine groups is 1. The van der Waals surface area contributed by atoms with Crippen molar-refractivity contribution in [3.63, 3.8) is 0 Å². The number of nitrogens with zero attached hydrogens (tertiary/aromatic N) is 1. The van der Waals surface area contributed by atoms with Gasteiger partial charge in [0.15, 0.2) is 5.96 Å². The van der Waals surface area contributed by atoms with Gasteiger partial charge >= 0.3 is 0 Å². The number of ether oxygens (including phenoxy) is 1. The molecule has 1 aliphatic heterocycles. The highest BCUT2D eigenvalue weighted by Gasteiger charge is 2.38. The summed E-state index contributed by atoms with van der Waals surface area (Å²) in [6, 6.07) is 6.29. The number of nitrogens with one attached hydrogen (secondary N) is 1. The van der Waals surface area contributed by atoms with Gasteiger partial charge in [0, 0.05) is 18.9 Å². The number of fused-ring (bicyclic) bond motifs is 1. The van der Waals surface area contributed by atoms with Gasteiger partial charge < -0.3 is 21.5 Å². The number of aryl methyl sites for hydroxylation is 2. The van der Waals surface area contributed by atoms with Crippen LogP contribution in [0.5, 0.6) is 0 Å². The average Bonchev–Trinajstić information content (AvgIpc) is 3.01. The zero-order valence-corrected chi connectivity index (χ0v) is 16.0. The number of benzene rings is 1. The van der Waals surface area contributed by atoms with E-state index in [1.165, 1.54) is 17.5 Å². The number of halogens is 1. The highest BCUT2D eigenvalue weighted by atomic mass is 127. The van der Waals surface area contributed by atoms with Crippen molar-refractivity contribution < 1.29 is 9.53 Å². The summed E-state index contributed by atoms with van der Waals surface area (Å²) in [5.41, 5.74) is 14.7. The summed E-state index contributed by atoms with van der Waals surface area (Å²) in [5.74, 6) is -0.00931. The minimum Gasteiger partial charge on any atom is -0.381 e. The first-order valence-corrected chi connectivity index (χ1v) is 8.15. The molecule has 1 saturated heterocycles. The Morgan fingerprint density at radius 2 is 1.92 bits per heavy atom. The molecule has 5 N–H and O–H groups in total. The number of anilines is 1. The predicted molar refractivity (Wildman–Crippen MR) is 106 cm³/mol. The number of rotatable bonds is 4. The third-order valence-electron chi connectivity index (χ3n) is 4.90. The minimum absolute atomic E-state index is 0. The second-order valence-corrected chi connectivity index (χ2v) is 6.42. The monoisotopic (exact) mass is 444 g/mol. The lowest BCUT2D eigenvalue weighted by molar-refractivity contribution is -0.132. The van der Waals surface area contributed by atoms with Gasteiger partial charge in [0.2, 0.25) is 5.91 Å². The van der Waals surface area contributed by atoms with Crippen LogP contribution in [0.15, 0.2) is 23.2 Å². The summed E-state index contributed by atoms with van der Waals surface area (Å²) in [6.45, 7) is 1.38. The Labute approximate surface area is 159 Å². The largest absolute Gasteiger partial charge is 0.381 e. The third-order valence-corrected chi connectivity index (χ3v) is 4.90. The molecular weight excluding hydrogens is 419 g/mol. The number of nitrogens with two attached hydrogens (primary N) is 2. The van der Waals surface area contributed by atoms with Crippen LogP contribution in [0.3, 0.4) is 0 Å². The molecule has 0 spiro atoms. The Bertz CT molecular complexity index is 627. The summed E-state index contributed by atoms with van der Waals surface area (Å²) >= 11 is 0. The molecule has 0 saturated carbocycles. The number of hydrogen-bond donors (Lipinski definition) is 3. The van der Waals surface area contributed by atoms with Crippen LogP contribution in [0, 0.1) is 5.41 Å². The van der Waals surface area contributed by atoms with E-state index >= 15 is 0 Å². The zero-order valence-electron chi connectivity index (χ0n) is 13.7. The molecule has 1 aromatic carbocycles. The fraction of sp³-hybridized carbons (Fsp3) is 0.529. The molecule has 3 rings (SSSR count). The Kier molecular flexibility index (Phi) is 6.45. The van der Waals surface area contributed by atoms with Crippen LogP contribution in [-0.4, -0.2) is 31.6 Å². The van der Waals surface area contributed by atoms with E-state index in [1.54, 1.807) is 0 Å². The number of carbonyl (C=O) groups excluding carboxylic acids is 1. The molecule has 0 atom stereocenters. The van der Waals surface area contributed by atoms with E-state index in [2.05, 4.69) is 22.4 Å². The van der Waals surface area contributed by atoms with Gasteiger partial charge in [0.1, 0.15) is 0 Å². The van der Waals surface area contributed by atoms with E-state index in [0.29, 0.717) is 38.6 Å². The lowest BCUT2D eigenvalue weighted by atomic mass is 9.79. The van der Waals surface area contributed by atoms with Crippen LogP contribution < -0.4 is 16.8 Å². The van der Waals surface area contributed by atoms with Crippen molar-refractivity contribution in [3.05, 3.63) is 29.3 Å². The predicted octanol–water partition coefficient (Wildman–Crippen LogP) is 1.80. The van der Waals surface area contributed by atoms with E-state index < -0.39 is 5.41 Å². The summed E-state index contributed by atoms with van der Waals surface area (Å²) in [6.07, 6.45) is 4.68. The first kappa shape index (κ1) is 19.0. The molecule has 1 heterocycles. The van der Waals surface area contributed by atoms with Crippen molar-refractivity contribution in [1.29, 1.82) is 0 Å². The van der Waals surface area contributed by atoms with Gasteiger partial charge in [-0.25, -0.2) is 0 Å². The van der Waals surface area contributed by atoms with E-state index in [1.807, 2.05) is 6.07 Å². The van der Waals surface area contributed by atoms with Gasteiger partial charge in [-0.1, -0.05) is 6.07 Å². The normalized spacial score (nSPS) is 19.2. The van der Waals surface area contributed by atoms with Gasteiger partial charge in [-0.05, 0) is 55.4 Å². The molecule has 0 bridgehead atoms. The van der Waals surface area contributed by atoms with Crippen LogP contribution in [0.25, 0.3) is 0 Å². The lowest BCUT2D eigenvalue weighted by Crippen LogP contribution is -2.44. The lowest BCUT2D eigenvalue weighted by Gasteiger charge is -2.32. The molecule has 7 heteroatoms. The highest BCUT2D eigenvalue weighted by molar-refractivity contribution is 14.0. The number of amides is 1. The van der Waals surface area contributed by atoms with E-state index in [0.717, 1.165) is 18.5 Å². The van der Waals surface area contributed by atoms with Crippen LogP contribution >= 0.6 is 24.0 Å². The van der Waals surface area contributed by atoms with Crippen molar-refractivity contribution in [2.45, 2.75) is 32.1 Å². The maximum absolute atomic E-state index is 11.8.